The molecule has 0 aliphatic carbocycles. The number of thiocarbonyl (C=S) groups is 1. The van der Waals surface area contributed by atoms with Gasteiger partial charge in [0, 0.05) is 17.7 Å². The molecular formula is C19H21N3O4S. The standard InChI is InChI=1S/C19H21N3O4S/c1-19(2,3)13-7-5-12(6-8-13)17(23)21-18(27)20-15-11-14(22(24)25)9-10-16(15)26-4/h5-11H,1-4H3,(H2,20,21,23,27). The van der Waals surface area contributed by atoms with Gasteiger partial charge in [-0.15, -0.1) is 0 Å². The molecule has 27 heavy (non-hydrogen) atoms. The molecule has 8 heteroatoms. The molecule has 0 saturated heterocycles. The minimum atomic E-state index is -0.525. The van der Waals surface area contributed by atoms with E-state index in [1.807, 2.05) is 12.1 Å². The molecule has 2 N–H and O–H groups in total. The van der Waals surface area contributed by atoms with Crippen LogP contribution in [-0.2, 0) is 5.41 Å². The van der Waals surface area contributed by atoms with Crippen LogP contribution in [0.5, 0.6) is 5.75 Å². The fraction of sp³-hybridized carbons (Fsp3) is 0.263. The SMILES string of the molecule is COc1ccc([N+](=O)[O-])cc1NC(=S)NC(=O)c1ccc(C(C)(C)C)cc1. The minimum absolute atomic E-state index is 0.00948. The van der Waals surface area contributed by atoms with Crippen LogP contribution in [0.3, 0.4) is 0 Å². The van der Waals surface area contributed by atoms with Crippen LogP contribution in [0.2, 0.25) is 0 Å². The van der Waals surface area contributed by atoms with Gasteiger partial charge >= 0.3 is 0 Å². The molecule has 142 valence electrons. The highest BCUT2D eigenvalue weighted by molar-refractivity contribution is 7.80. The van der Waals surface area contributed by atoms with E-state index in [1.54, 1.807) is 12.1 Å². The van der Waals surface area contributed by atoms with E-state index in [0.29, 0.717) is 17.0 Å². The van der Waals surface area contributed by atoms with Gasteiger partial charge in [0.2, 0.25) is 0 Å². The molecule has 0 radical (unpaired) electrons. The molecule has 0 atom stereocenters. The van der Waals surface area contributed by atoms with Crippen molar-refractivity contribution in [2.45, 2.75) is 26.2 Å². The van der Waals surface area contributed by atoms with E-state index >= 15 is 0 Å². The number of non-ortho nitro benzene ring substituents is 1. The minimum Gasteiger partial charge on any atom is -0.495 e. The Morgan fingerprint density at radius 2 is 1.78 bits per heavy atom. The second-order valence-corrected chi connectivity index (χ2v) is 7.29. The number of nitro groups is 1. The fourth-order valence-electron chi connectivity index (χ4n) is 2.36. The first kappa shape index (κ1) is 20.3. The zero-order chi connectivity index (χ0) is 20.2. The molecule has 2 aromatic carbocycles. The molecule has 0 aliphatic heterocycles. The summed E-state index contributed by atoms with van der Waals surface area (Å²) in [5.74, 6) is -0.0101. The number of hydrogen-bond donors (Lipinski definition) is 2. The maximum Gasteiger partial charge on any atom is 0.271 e. The Hall–Kier alpha value is -3.00. The molecule has 0 saturated carbocycles. The number of methoxy groups -OCH3 is 1. The third-order valence-electron chi connectivity index (χ3n) is 3.88. The van der Waals surface area contributed by atoms with Crippen LogP contribution in [0.4, 0.5) is 11.4 Å². The maximum atomic E-state index is 12.4. The number of ether oxygens (including phenoxy) is 1. The molecule has 1 amide bonds. The number of benzene rings is 2. The van der Waals surface area contributed by atoms with Gasteiger partial charge in [0.25, 0.3) is 11.6 Å². The van der Waals surface area contributed by atoms with Crippen molar-refractivity contribution >= 4 is 34.6 Å². The summed E-state index contributed by atoms with van der Waals surface area (Å²) in [5, 5.41) is 16.3. The Balaban J connectivity index is 2.10. The number of nitrogens with one attached hydrogen (secondary N) is 2. The van der Waals surface area contributed by atoms with Crippen molar-refractivity contribution in [1.82, 2.24) is 5.32 Å². The van der Waals surface area contributed by atoms with Gasteiger partial charge in [-0.3, -0.25) is 20.2 Å². The van der Waals surface area contributed by atoms with Gasteiger partial charge < -0.3 is 10.1 Å². The highest BCUT2D eigenvalue weighted by atomic mass is 32.1. The molecule has 0 unspecified atom stereocenters. The van der Waals surface area contributed by atoms with E-state index in [2.05, 4.69) is 31.4 Å². The molecule has 2 rings (SSSR count). The highest BCUT2D eigenvalue weighted by Crippen LogP contribution is 2.28. The summed E-state index contributed by atoms with van der Waals surface area (Å²) >= 11 is 5.15. The van der Waals surface area contributed by atoms with Crippen molar-refractivity contribution in [3.8, 4) is 5.75 Å². The molecular weight excluding hydrogens is 366 g/mol. The van der Waals surface area contributed by atoms with Gasteiger partial charge in [-0.25, -0.2) is 0 Å². The normalized spacial score (nSPS) is 10.8. The number of carbonyl (C=O) groups excluding carboxylic acids is 1. The first-order chi connectivity index (χ1) is 12.6. The third kappa shape index (κ3) is 5.24. The molecule has 0 aromatic heterocycles. The first-order valence-electron chi connectivity index (χ1n) is 8.17. The fourth-order valence-corrected chi connectivity index (χ4v) is 2.56. The molecule has 0 aliphatic rings. The van der Waals surface area contributed by atoms with Crippen LogP contribution in [-0.4, -0.2) is 23.1 Å². The zero-order valence-corrected chi connectivity index (χ0v) is 16.3. The van der Waals surface area contributed by atoms with Crippen molar-refractivity contribution in [1.29, 1.82) is 0 Å². The van der Waals surface area contributed by atoms with Crippen LogP contribution >= 0.6 is 12.2 Å². The summed E-state index contributed by atoms with van der Waals surface area (Å²) in [6, 6.07) is 11.3. The van der Waals surface area contributed by atoms with Crippen molar-refractivity contribution in [3.63, 3.8) is 0 Å². The number of nitro benzene ring substituents is 1. The number of nitrogens with zero attached hydrogens (tertiary/aromatic N) is 1. The van der Waals surface area contributed by atoms with E-state index in [0.717, 1.165) is 5.56 Å². The van der Waals surface area contributed by atoms with Crippen molar-refractivity contribution in [3.05, 3.63) is 63.7 Å². The highest BCUT2D eigenvalue weighted by Gasteiger charge is 2.16. The first-order valence-corrected chi connectivity index (χ1v) is 8.58. The monoisotopic (exact) mass is 387 g/mol. The van der Waals surface area contributed by atoms with Crippen molar-refractivity contribution < 1.29 is 14.5 Å². The summed E-state index contributed by atoms with van der Waals surface area (Å²) in [7, 11) is 1.44. The van der Waals surface area contributed by atoms with Crippen LogP contribution < -0.4 is 15.4 Å². The Morgan fingerprint density at radius 1 is 1.15 bits per heavy atom. The number of rotatable bonds is 4. The van der Waals surface area contributed by atoms with Gasteiger partial charge in [0.15, 0.2) is 5.11 Å². The van der Waals surface area contributed by atoms with Gasteiger partial charge in [0.05, 0.1) is 17.7 Å². The molecule has 0 fully saturated rings. The van der Waals surface area contributed by atoms with Gasteiger partial charge in [-0.05, 0) is 41.4 Å². The number of carbonyl (C=O) groups is 1. The lowest BCUT2D eigenvalue weighted by molar-refractivity contribution is -0.384. The Bertz CT molecular complexity index is 874. The average molecular weight is 387 g/mol. The van der Waals surface area contributed by atoms with Gasteiger partial charge in [-0.1, -0.05) is 32.9 Å². The van der Waals surface area contributed by atoms with Crippen LogP contribution in [0, 0.1) is 10.1 Å². The molecule has 2 aromatic rings. The third-order valence-corrected chi connectivity index (χ3v) is 4.09. The smallest absolute Gasteiger partial charge is 0.271 e. The molecule has 0 spiro atoms. The van der Waals surface area contributed by atoms with Crippen molar-refractivity contribution in [2.75, 3.05) is 12.4 Å². The van der Waals surface area contributed by atoms with E-state index in [4.69, 9.17) is 17.0 Å². The van der Waals surface area contributed by atoms with E-state index in [1.165, 1.54) is 25.3 Å². The van der Waals surface area contributed by atoms with E-state index < -0.39 is 4.92 Å². The molecule has 0 bridgehead atoms. The lowest BCUT2D eigenvalue weighted by Gasteiger charge is -2.19. The summed E-state index contributed by atoms with van der Waals surface area (Å²) in [4.78, 5) is 22.8. The van der Waals surface area contributed by atoms with E-state index in [-0.39, 0.29) is 22.1 Å². The largest absolute Gasteiger partial charge is 0.495 e. The summed E-state index contributed by atoms with van der Waals surface area (Å²) in [6.45, 7) is 6.27. The number of amides is 1. The summed E-state index contributed by atoms with van der Waals surface area (Å²) in [5.41, 5.74) is 1.73. The van der Waals surface area contributed by atoms with Crippen LogP contribution in [0.15, 0.2) is 42.5 Å². The second kappa shape index (κ2) is 8.13. The van der Waals surface area contributed by atoms with E-state index in [9.17, 15) is 14.9 Å². The summed E-state index contributed by atoms with van der Waals surface area (Å²) in [6.07, 6.45) is 0. The molecule has 7 nitrogen and oxygen atoms in total. The van der Waals surface area contributed by atoms with Crippen molar-refractivity contribution in [2.24, 2.45) is 0 Å². The zero-order valence-electron chi connectivity index (χ0n) is 15.5. The van der Waals surface area contributed by atoms with Gasteiger partial charge in [-0.2, -0.15) is 0 Å². The topological polar surface area (TPSA) is 93.5 Å². The molecule has 0 heterocycles. The predicted octanol–water partition coefficient (Wildman–Crippen LogP) is 4.03. The Morgan fingerprint density at radius 3 is 2.30 bits per heavy atom. The number of hydrogen-bond acceptors (Lipinski definition) is 5. The maximum absolute atomic E-state index is 12.4. The Kier molecular flexibility index (Phi) is 6.12. The second-order valence-electron chi connectivity index (χ2n) is 6.88. The Labute approximate surface area is 162 Å². The lowest BCUT2D eigenvalue weighted by Crippen LogP contribution is -2.34. The lowest BCUT2D eigenvalue weighted by atomic mass is 9.87. The quantitative estimate of drug-likeness (QED) is 0.467. The average Bonchev–Trinajstić information content (AvgIpc) is 2.60. The van der Waals surface area contributed by atoms with Gasteiger partial charge in [0.1, 0.15) is 5.75 Å². The predicted molar refractivity (Wildman–Crippen MR) is 108 cm³/mol. The summed E-state index contributed by atoms with van der Waals surface area (Å²) < 4.78 is 5.16. The number of anilines is 1. The van der Waals surface area contributed by atoms with Crippen LogP contribution in [0.25, 0.3) is 0 Å². The van der Waals surface area contributed by atoms with Crippen LogP contribution in [0.1, 0.15) is 36.7 Å².